The lowest BCUT2D eigenvalue weighted by Gasteiger charge is -2.09. The summed E-state index contributed by atoms with van der Waals surface area (Å²) in [5, 5.41) is 9.96. The van der Waals surface area contributed by atoms with Crippen molar-refractivity contribution in [2.45, 2.75) is 19.3 Å². The summed E-state index contributed by atoms with van der Waals surface area (Å²) in [5.41, 5.74) is 3.24. The monoisotopic (exact) mass is 360 g/mol. The fourth-order valence-electron chi connectivity index (χ4n) is 2.84. The highest BCUT2D eigenvalue weighted by atomic mass is 16.2. The fraction of sp³-hybridized carbons (Fsp3) is 0.190. The summed E-state index contributed by atoms with van der Waals surface area (Å²) >= 11 is 0. The highest BCUT2D eigenvalue weighted by Gasteiger charge is 2.29. The molecule has 0 spiro atoms. The van der Waals surface area contributed by atoms with Gasteiger partial charge in [0.15, 0.2) is 0 Å². The molecule has 6 heteroatoms. The van der Waals surface area contributed by atoms with Crippen LogP contribution in [0.3, 0.4) is 0 Å². The molecule has 3 aromatic rings. The van der Waals surface area contributed by atoms with Crippen LogP contribution in [0, 0.1) is 5.92 Å². The summed E-state index contributed by atoms with van der Waals surface area (Å²) in [7, 11) is 0. The lowest BCUT2D eigenvalue weighted by Crippen LogP contribution is -2.16. The van der Waals surface area contributed by atoms with Crippen LogP contribution in [0.15, 0.2) is 67.0 Å². The number of anilines is 2. The van der Waals surface area contributed by atoms with Crippen molar-refractivity contribution >= 4 is 23.2 Å². The number of rotatable bonds is 6. The van der Waals surface area contributed by atoms with Crippen molar-refractivity contribution in [3.63, 3.8) is 0 Å². The number of benzene rings is 2. The summed E-state index contributed by atoms with van der Waals surface area (Å²) < 4.78 is 1.77. The van der Waals surface area contributed by atoms with Crippen molar-refractivity contribution in [2.24, 2.45) is 5.92 Å². The van der Waals surface area contributed by atoms with Crippen LogP contribution in [0.1, 0.15) is 18.4 Å². The van der Waals surface area contributed by atoms with Gasteiger partial charge in [-0.25, -0.2) is 4.68 Å². The molecule has 1 saturated carbocycles. The maximum Gasteiger partial charge on any atom is 0.228 e. The molecule has 1 aliphatic rings. The van der Waals surface area contributed by atoms with E-state index in [0.29, 0.717) is 11.4 Å². The van der Waals surface area contributed by atoms with E-state index in [2.05, 4.69) is 15.7 Å². The summed E-state index contributed by atoms with van der Waals surface area (Å²) in [6, 6.07) is 16.8. The molecule has 0 saturated heterocycles. The summed E-state index contributed by atoms with van der Waals surface area (Å²) in [5.74, 6) is 0.0937. The molecule has 1 fully saturated rings. The Balaban J connectivity index is 1.35. The predicted octanol–water partition coefficient (Wildman–Crippen LogP) is 3.40. The Morgan fingerprint density at radius 1 is 1.00 bits per heavy atom. The molecular formula is C21H20N4O2. The van der Waals surface area contributed by atoms with Crippen molar-refractivity contribution in [2.75, 3.05) is 10.6 Å². The minimum Gasteiger partial charge on any atom is -0.326 e. The maximum absolute atomic E-state index is 12.3. The van der Waals surface area contributed by atoms with E-state index in [4.69, 9.17) is 0 Å². The molecular weight excluding hydrogens is 340 g/mol. The van der Waals surface area contributed by atoms with Gasteiger partial charge in [-0.3, -0.25) is 9.59 Å². The third-order valence-electron chi connectivity index (χ3n) is 4.43. The second-order valence-corrected chi connectivity index (χ2v) is 6.69. The van der Waals surface area contributed by atoms with Crippen LogP contribution >= 0.6 is 0 Å². The van der Waals surface area contributed by atoms with Crippen LogP contribution in [0.2, 0.25) is 0 Å². The summed E-state index contributed by atoms with van der Waals surface area (Å²) in [6.45, 7) is 0. The number of carbonyl (C=O) groups excluding carboxylic acids is 2. The van der Waals surface area contributed by atoms with Gasteiger partial charge in [0.1, 0.15) is 0 Å². The summed E-state index contributed by atoms with van der Waals surface area (Å²) in [4.78, 5) is 24.2. The molecule has 1 aromatic heterocycles. The predicted molar refractivity (Wildman–Crippen MR) is 104 cm³/mol. The molecule has 0 radical (unpaired) electrons. The quantitative estimate of drug-likeness (QED) is 0.707. The molecule has 1 aliphatic carbocycles. The zero-order chi connectivity index (χ0) is 18.6. The van der Waals surface area contributed by atoms with E-state index in [1.807, 2.05) is 54.7 Å². The van der Waals surface area contributed by atoms with Crippen LogP contribution in [0.25, 0.3) is 5.69 Å². The Labute approximate surface area is 157 Å². The Morgan fingerprint density at radius 2 is 1.74 bits per heavy atom. The molecule has 6 nitrogen and oxygen atoms in total. The van der Waals surface area contributed by atoms with E-state index in [1.165, 1.54) is 0 Å². The van der Waals surface area contributed by atoms with Crippen LogP contribution in [0.4, 0.5) is 11.4 Å². The van der Waals surface area contributed by atoms with E-state index in [9.17, 15) is 9.59 Å². The molecule has 1 heterocycles. The molecule has 2 N–H and O–H groups in total. The van der Waals surface area contributed by atoms with E-state index in [0.717, 1.165) is 24.1 Å². The third kappa shape index (κ3) is 4.41. The van der Waals surface area contributed by atoms with E-state index >= 15 is 0 Å². The number of nitrogens with zero attached hydrogens (tertiary/aromatic N) is 2. The molecule has 4 rings (SSSR count). The van der Waals surface area contributed by atoms with Crippen molar-refractivity contribution in [1.82, 2.24) is 9.78 Å². The van der Waals surface area contributed by atoms with Crippen molar-refractivity contribution in [3.8, 4) is 5.69 Å². The smallest absolute Gasteiger partial charge is 0.228 e. The molecule has 2 aromatic carbocycles. The SMILES string of the molecule is O=C(Cc1ccc(-n2cccn2)cc1)Nc1cccc(NC(=O)C2CC2)c1. The standard InChI is InChI=1S/C21H20N4O2/c26-20(13-15-5-9-19(10-6-15)25-12-2-11-22-25)23-17-3-1-4-18(14-17)24-21(27)16-7-8-16/h1-6,9-12,14,16H,7-8,13H2,(H,23,26)(H,24,27). The molecule has 0 unspecified atom stereocenters. The van der Waals surface area contributed by atoms with Gasteiger partial charge < -0.3 is 10.6 Å². The number of hydrogen-bond donors (Lipinski definition) is 2. The first-order chi connectivity index (χ1) is 13.2. The Hall–Kier alpha value is -3.41. The first-order valence-corrected chi connectivity index (χ1v) is 8.97. The summed E-state index contributed by atoms with van der Waals surface area (Å²) in [6.07, 6.45) is 5.79. The van der Waals surface area contributed by atoms with Crippen molar-refractivity contribution in [3.05, 3.63) is 72.6 Å². The molecule has 136 valence electrons. The molecule has 0 bridgehead atoms. The normalized spacial score (nSPS) is 13.2. The van der Waals surface area contributed by atoms with Crippen LogP contribution in [-0.2, 0) is 16.0 Å². The van der Waals surface area contributed by atoms with Gasteiger partial charge in [-0.05, 0) is 54.8 Å². The lowest BCUT2D eigenvalue weighted by molar-refractivity contribution is -0.117. The minimum absolute atomic E-state index is 0.0516. The van der Waals surface area contributed by atoms with Gasteiger partial charge in [-0.2, -0.15) is 5.10 Å². The Kier molecular flexibility index (Phi) is 4.70. The number of carbonyl (C=O) groups is 2. The third-order valence-corrected chi connectivity index (χ3v) is 4.43. The van der Waals surface area contributed by atoms with Gasteiger partial charge in [0, 0.05) is 29.7 Å². The van der Waals surface area contributed by atoms with Gasteiger partial charge in [-0.15, -0.1) is 0 Å². The number of amides is 2. The maximum atomic E-state index is 12.3. The van der Waals surface area contributed by atoms with Gasteiger partial charge in [-0.1, -0.05) is 18.2 Å². The van der Waals surface area contributed by atoms with Crippen molar-refractivity contribution in [1.29, 1.82) is 0 Å². The topological polar surface area (TPSA) is 76.0 Å². The zero-order valence-corrected chi connectivity index (χ0v) is 14.8. The molecule has 27 heavy (non-hydrogen) atoms. The van der Waals surface area contributed by atoms with Gasteiger partial charge >= 0.3 is 0 Å². The largest absolute Gasteiger partial charge is 0.326 e. The number of aromatic nitrogens is 2. The lowest BCUT2D eigenvalue weighted by atomic mass is 10.1. The van der Waals surface area contributed by atoms with Gasteiger partial charge in [0.05, 0.1) is 12.1 Å². The average molecular weight is 360 g/mol. The molecule has 0 aliphatic heterocycles. The Bertz CT molecular complexity index is 945. The highest BCUT2D eigenvalue weighted by molar-refractivity contribution is 5.96. The average Bonchev–Trinajstić information content (AvgIpc) is 3.38. The second-order valence-electron chi connectivity index (χ2n) is 6.69. The van der Waals surface area contributed by atoms with Crippen LogP contribution < -0.4 is 10.6 Å². The van der Waals surface area contributed by atoms with Crippen LogP contribution in [0.5, 0.6) is 0 Å². The molecule has 2 amide bonds. The van der Waals surface area contributed by atoms with Crippen molar-refractivity contribution < 1.29 is 9.59 Å². The fourth-order valence-corrected chi connectivity index (χ4v) is 2.84. The van der Waals surface area contributed by atoms with Gasteiger partial charge in [0.2, 0.25) is 11.8 Å². The first kappa shape index (κ1) is 17.0. The van der Waals surface area contributed by atoms with E-state index in [1.54, 1.807) is 16.9 Å². The zero-order valence-electron chi connectivity index (χ0n) is 14.8. The van der Waals surface area contributed by atoms with Crippen LogP contribution in [-0.4, -0.2) is 21.6 Å². The first-order valence-electron chi connectivity index (χ1n) is 8.97. The Morgan fingerprint density at radius 3 is 2.41 bits per heavy atom. The number of hydrogen-bond acceptors (Lipinski definition) is 3. The van der Waals surface area contributed by atoms with Gasteiger partial charge in [0.25, 0.3) is 0 Å². The number of nitrogens with one attached hydrogen (secondary N) is 2. The molecule has 0 atom stereocenters. The highest BCUT2D eigenvalue weighted by Crippen LogP contribution is 2.30. The minimum atomic E-state index is -0.104. The van der Waals surface area contributed by atoms with E-state index < -0.39 is 0 Å². The second kappa shape index (κ2) is 7.45. The van der Waals surface area contributed by atoms with E-state index in [-0.39, 0.29) is 24.2 Å².